The van der Waals surface area contributed by atoms with Crippen molar-refractivity contribution in [1.29, 1.82) is 0 Å². The fourth-order valence-corrected chi connectivity index (χ4v) is 1.00. The van der Waals surface area contributed by atoms with Gasteiger partial charge in [0.2, 0.25) is 5.91 Å². The predicted molar refractivity (Wildman–Crippen MR) is 53.0 cm³/mol. The highest BCUT2D eigenvalue weighted by Gasteiger charge is 2.33. The molecule has 0 saturated heterocycles. The van der Waals surface area contributed by atoms with E-state index in [0.717, 1.165) is 0 Å². The Morgan fingerprint density at radius 3 is 2.33 bits per heavy atom. The average molecular weight is 273 g/mol. The molecule has 0 aliphatic carbocycles. The van der Waals surface area contributed by atoms with Crippen LogP contribution >= 0.6 is 0 Å². The largest absolute Gasteiger partial charge is 0.480 e. The molecule has 0 unspecified atom stereocenters. The molecular weight excluding hydrogens is 259 g/mol. The standard InChI is InChI=1S/C9H14F3NO5/c1-17-2-3-18-5-7(14)13(4-8(15)16)6-9(10,11)12/h2-6H2,1H3,(H,15,16). The van der Waals surface area contributed by atoms with Crippen LogP contribution in [-0.2, 0) is 19.1 Å². The van der Waals surface area contributed by atoms with Gasteiger partial charge >= 0.3 is 12.1 Å². The summed E-state index contributed by atoms with van der Waals surface area (Å²) in [4.78, 5) is 21.8. The van der Waals surface area contributed by atoms with Crippen molar-refractivity contribution >= 4 is 11.9 Å². The average Bonchev–Trinajstić information content (AvgIpc) is 2.20. The fraction of sp³-hybridized carbons (Fsp3) is 0.778. The molecule has 0 heterocycles. The Kier molecular flexibility index (Phi) is 7.29. The third kappa shape index (κ3) is 8.76. The monoisotopic (exact) mass is 273 g/mol. The van der Waals surface area contributed by atoms with Crippen LogP contribution < -0.4 is 0 Å². The summed E-state index contributed by atoms with van der Waals surface area (Å²) in [6.45, 7) is -3.04. The Labute approximate surface area is 101 Å². The number of methoxy groups -OCH3 is 1. The normalized spacial score (nSPS) is 11.3. The number of amides is 1. The van der Waals surface area contributed by atoms with E-state index in [1.807, 2.05) is 0 Å². The highest BCUT2D eigenvalue weighted by atomic mass is 19.4. The Hall–Kier alpha value is -1.35. The molecule has 0 aliphatic rings. The number of aliphatic carboxylic acids is 1. The maximum atomic E-state index is 12.1. The van der Waals surface area contributed by atoms with Crippen LogP contribution in [0.15, 0.2) is 0 Å². The zero-order valence-electron chi connectivity index (χ0n) is 9.70. The Balaban J connectivity index is 4.27. The van der Waals surface area contributed by atoms with Gasteiger partial charge in [-0.05, 0) is 0 Å². The zero-order chi connectivity index (χ0) is 14.2. The molecule has 1 N–H and O–H groups in total. The fourth-order valence-electron chi connectivity index (χ4n) is 1.00. The summed E-state index contributed by atoms with van der Waals surface area (Å²) in [7, 11) is 1.39. The van der Waals surface area contributed by atoms with Gasteiger partial charge in [0.25, 0.3) is 0 Å². The molecule has 0 radical (unpaired) electrons. The molecule has 0 fully saturated rings. The van der Waals surface area contributed by atoms with E-state index < -0.39 is 37.7 Å². The molecule has 6 nitrogen and oxygen atoms in total. The second kappa shape index (κ2) is 7.88. The third-order valence-corrected chi connectivity index (χ3v) is 1.71. The van der Waals surface area contributed by atoms with E-state index in [4.69, 9.17) is 9.84 Å². The lowest BCUT2D eigenvalue weighted by Crippen LogP contribution is -2.43. The second-order valence-electron chi connectivity index (χ2n) is 3.30. The summed E-state index contributed by atoms with van der Waals surface area (Å²) >= 11 is 0. The van der Waals surface area contributed by atoms with E-state index in [2.05, 4.69) is 4.74 Å². The van der Waals surface area contributed by atoms with Crippen molar-refractivity contribution < 1.29 is 37.3 Å². The van der Waals surface area contributed by atoms with Crippen LogP contribution in [0, 0.1) is 0 Å². The number of halogens is 3. The number of carbonyl (C=O) groups is 2. The molecule has 0 aromatic rings. The maximum Gasteiger partial charge on any atom is 0.406 e. The number of carbonyl (C=O) groups excluding carboxylic acids is 1. The van der Waals surface area contributed by atoms with Crippen LogP contribution in [0.5, 0.6) is 0 Å². The number of nitrogens with zero attached hydrogens (tertiary/aromatic N) is 1. The van der Waals surface area contributed by atoms with Crippen molar-refractivity contribution in [3.63, 3.8) is 0 Å². The van der Waals surface area contributed by atoms with Crippen LogP contribution in [0.4, 0.5) is 13.2 Å². The Morgan fingerprint density at radius 2 is 1.89 bits per heavy atom. The van der Waals surface area contributed by atoms with Crippen LogP contribution in [0.25, 0.3) is 0 Å². The summed E-state index contributed by atoms with van der Waals surface area (Å²) < 4.78 is 45.7. The topological polar surface area (TPSA) is 76.1 Å². The van der Waals surface area contributed by atoms with Crippen molar-refractivity contribution in [1.82, 2.24) is 4.90 Å². The summed E-state index contributed by atoms with van der Waals surface area (Å²) in [5.74, 6) is -2.56. The molecule has 0 saturated carbocycles. The van der Waals surface area contributed by atoms with Gasteiger partial charge in [-0.25, -0.2) is 0 Å². The van der Waals surface area contributed by atoms with Gasteiger partial charge in [0.15, 0.2) is 0 Å². The van der Waals surface area contributed by atoms with Crippen molar-refractivity contribution in [2.24, 2.45) is 0 Å². The molecule has 9 heteroatoms. The molecule has 0 rings (SSSR count). The molecule has 0 bridgehead atoms. The van der Waals surface area contributed by atoms with Gasteiger partial charge in [-0.1, -0.05) is 0 Å². The van der Waals surface area contributed by atoms with Crippen molar-refractivity contribution in [2.75, 3.05) is 40.0 Å². The molecular formula is C9H14F3NO5. The minimum absolute atomic E-state index is 0.0369. The molecule has 1 amide bonds. The Morgan fingerprint density at radius 1 is 1.28 bits per heavy atom. The van der Waals surface area contributed by atoms with Crippen molar-refractivity contribution in [2.45, 2.75) is 6.18 Å². The quantitative estimate of drug-likeness (QED) is 0.636. The van der Waals surface area contributed by atoms with E-state index in [0.29, 0.717) is 0 Å². The van der Waals surface area contributed by atoms with E-state index >= 15 is 0 Å². The van der Waals surface area contributed by atoms with Gasteiger partial charge in [-0.3, -0.25) is 9.59 Å². The van der Waals surface area contributed by atoms with Crippen LogP contribution in [0.3, 0.4) is 0 Å². The van der Waals surface area contributed by atoms with E-state index in [1.165, 1.54) is 7.11 Å². The van der Waals surface area contributed by atoms with Gasteiger partial charge in [-0.15, -0.1) is 0 Å². The molecule has 0 aromatic carbocycles. The highest BCUT2D eigenvalue weighted by molar-refractivity contribution is 5.82. The van der Waals surface area contributed by atoms with Crippen LogP contribution in [0.1, 0.15) is 0 Å². The highest BCUT2D eigenvalue weighted by Crippen LogP contribution is 2.16. The minimum atomic E-state index is -4.66. The van der Waals surface area contributed by atoms with Crippen molar-refractivity contribution in [3.05, 3.63) is 0 Å². The first-order chi connectivity index (χ1) is 8.26. The number of rotatable bonds is 8. The smallest absolute Gasteiger partial charge is 0.406 e. The number of ether oxygens (including phenoxy) is 2. The summed E-state index contributed by atoms with van der Waals surface area (Å²) in [6, 6.07) is 0. The number of hydrogen-bond donors (Lipinski definition) is 1. The lowest BCUT2D eigenvalue weighted by Gasteiger charge is -2.21. The third-order valence-electron chi connectivity index (χ3n) is 1.71. The number of carboxylic acids is 1. The van der Waals surface area contributed by atoms with Gasteiger partial charge in [0.05, 0.1) is 13.2 Å². The number of hydrogen-bond acceptors (Lipinski definition) is 4. The van der Waals surface area contributed by atoms with Crippen LogP contribution in [-0.4, -0.2) is 68.1 Å². The van der Waals surface area contributed by atoms with E-state index in [-0.39, 0.29) is 18.1 Å². The molecule has 106 valence electrons. The van der Waals surface area contributed by atoms with Crippen molar-refractivity contribution in [3.8, 4) is 0 Å². The zero-order valence-corrected chi connectivity index (χ0v) is 9.70. The lowest BCUT2D eigenvalue weighted by atomic mass is 10.4. The summed E-state index contributed by atoms with van der Waals surface area (Å²) in [5, 5.41) is 8.42. The summed E-state index contributed by atoms with van der Waals surface area (Å²) in [6.07, 6.45) is -4.66. The number of carboxylic acid groups (broad SMARTS) is 1. The molecule has 0 aromatic heterocycles. The van der Waals surface area contributed by atoms with E-state index in [9.17, 15) is 22.8 Å². The SMILES string of the molecule is COCCOCC(=O)N(CC(=O)O)CC(F)(F)F. The molecule has 0 spiro atoms. The van der Waals surface area contributed by atoms with Gasteiger partial charge in [0, 0.05) is 7.11 Å². The lowest BCUT2D eigenvalue weighted by molar-refractivity contribution is -0.168. The first-order valence-corrected chi connectivity index (χ1v) is 4.89. The van der Waals surface area contributed by atoms with Gasteiger partial charge < -0.3 is 19.5 Å². The minimum Gasteiger partial charge on any atom is -0.480 e. The maximum absolute atomic E-state index is 12.1. The molecule has 0 atom stereocenters. The van der Waals surface area contributed by atoms with Crippen LogP contribution in [0.2, 0.25) is 0 Å². The van der Waals surface area contributed by atoms with Gasteiger partial charge in [-0.2, -0.15) is 13.2 Å². The van der Waals surface area contributed by atoms with E-state index in [1.54, 1.807) is 0 Å². The first-order valence-electron chi connectivity index (χ1n) is 4.89. The molecule has 18 heavy (non-hydrogen) atoms. The molecule has 0 aliphatic heterocycles. The number of alkyl halides is 3. The predicted octanol–water partition coefficient (Wildman–Crippen LogP) is 0.125. The second-order valence-corrected chi connectivity index (χ2v) is 3.30. The Bertz CT molecular complexity index is 282. The summed E-state index contributed by atoms with van der Waals surface area (Å²) in [5.41, 5.74) is 0. The first kappa shape index (κ1) is 16.6. The van der Waals surface area contributed by atoms with Gasteiger partial charge in [0.1, 0.15) is 19.7 Å².